The lowest BCUT2D eigenvalue weighted by molar-refractivity contribution is -0.174. The zero-order chi connectivity index (χ0) is 26.2. The van der Waals surface area contributed by atoms with Crippen molar-refractivity contribution in [1.29, 1.82) is 0 Å². The molecule has 194 valence electrons. The summed E-state index contributed by atoms with van der Waals surface area (Å²) >= 11 is 6.23. The third kappa shape index (κ3) is 4.93. The summed E-state index contributed by atoms with van der Waals surface area (Å²) in [5, 5.41) is 20.9. The van der Waals surface area contributed by atoms with Crippen molar-refractivity contribution in [3.8, 4) is 11.3 Å². The van der Waals surface area contributed by atoms with E-state index >= 15 is 0 Å². The fourth-order valence-electron chi connectivity index (χ4n) is 5.47. The van der Waals surface area contributed by atoms with E-state index in [-0.39, 0.29) is 11.8 Å². The SMILES string of the molecule is C[C@@H](OC(=O)Nc1c(-c2ccc(C34CCC(CC(=O)O)(CC3)OC4)cc2)nnn1C)c1ccccc1Cl. The zero-order valence-corrected chi connectivity index (χ0v) is 21.5. The van der Waals surface area contributed by atoms with Crippen molar-refractivity contribution in [2.75, 3.05) is 11.9 Å². The lowest BCUT2D eigenvalue weighted by Crippen LogP contribution is -2.54. The van der Waals surface area contributed by atoms with Crippen LogP contribution in [0.4, 0.5) is 10.6 Å². The van der Waals surface area contributed by atoms with Crippen molar-refractivity contribution in [3.05, 3.63) is 64.7 Å². The minimum absolute atomic E-state index is 0.0596. The average Bonchev–Trinajstić information content (AvgIpc) is 3.24. The topological polar surface area (TPSA) is 116 Å². The number of hydrogen-bond acceptors (Lipinski definition) is 6. The number of nitrogens with zero attached hydrogens (tertiary/aromatic N) is 3. The summed E-state index contributed by atoms with van der Waals surface area (Å²) in [5.74, 6) is -0.395. The van der Waals surface area contributed by atoms with Crippen molar-refractivity contribution in [1.82, 2.24) is 15.0 Å². The van der Waals surface area contributed by atoms with Gasteiger partial charge in [0.05, 0.1) is 18.6 Å². The molecule has 1 saturated carbocycles. The second-order valence-corrected chi connectivity index (χ2v) is 10.4. The zero-order valence-electron chi connectivity index (χ0n) is 20.7. The number of amides is 1. The Morgan fingerprint density at radius 2 is 1.86 bits per heavy atom. The summed E-state index contributed by atoms with van der Waals surface area (Å²) < 4.78 is 13.1. The van der Waals surface area contributed by atoms with Gasteiger partial charge in [-0.25, -0.2) is 9.48 Å². The highest BCUT2D eigenvalue weighted by Gasteiger charge is 2.51. The second-order valence-electron chi connectivity index (χ2n) is 10.0. The van der Waals surface area contributed by atoms with Crippen molar-refractivity contribution in [2.24, 2.45) is 7.05 Å². The van der Waals surface area contributed by atoms with Gasteiger partial charge in [-0.15, -0.1) is 5.10 Å². The fraction of sp³-hybridized carbons (Fsp3) is 0.407. The van der Waals surface area contributed by atoms with E-state index in [9.17, 15) is 14.7 Å². The average molecular weight is 525 g/mol. The van der Waals surface area contributed by atoms with Crippen LogP contribution in [-0.2, 0) is 26.7 Å². The summed E-state index contributed by atoms with van der Waals surface area (Å²) in [6.45, 7) is 2.28. The molecule has 6 rings (SSSR count). The number of aromatic nitrogens is 3. The first kappa shape index (κ1) is 25.2. The van der Waals surface area contributed by atoms with Crippen LogP contribution in [0.1, 0.15) is 56.3 Å². The van der Waals surface area contributed by atoms with Gasteiger partial charge >= 0.3 is 12.1 Å². The van der Waals surface area contributed by atoms with Crippen LogP contribution in [0.3, 0.4) is 0 Å². The molecule has 1 amide bonds. The van der Waals surface area contributed by atoms with Crippen molar-refractivity contribution in [3.63, 3.8) is 0 Å². The van der Waals surface area contributed by atoms with Crippen LogP contribution in [0.25, 0.3) is 11.3 Å². The Balaban J connectivity index is 1.29. The first-order chi connectivity index (χ1) is 17.7. The molecular weight excluding hydrogens is 496 g/mol. The molecule has 2 saturated heterocycles. The number of carbonyl (C=O) groups is 2. The molecule has 3 aromatic rings. The molecule has 1 atom stereocenters. The number of fused-ring (bicyclic) bond motifs is 3. The highest BCUT2D eigenvalue weighted by Crippen LogP contribution is 2.51. The number of aliphatic carboxylic acids is 1. The Labute approximate surface area is 219 Å². The van der Waals surface area contributed by atoms with Crippen molar-refractivity contribution in [2.45, 2.75) is 56.1 Å². The number of carbonyl (C=O) groups excluding carboxylic acids is 1. The number of aryl methyl sites for hydroxylation is 1. The first-order valence-electron chi connectivity index (χ1n) is 12.3. The third-order valence-electron chi connectivity index (χ3n) is 7.69. The molecule has 9 nitrogen and oxygen atoms in total. The number of carboxylic acids is 1. The van der Waals surface area contributed by atoms with E-state index in [0.29, 0.717) is 28.7 Å². The second kappa shape index (κ2) is 9.79. The summed E-state index contributed by atoms with van der Waals surface area (Å²) in [6, 6.07) is 15.3. The van der Waals surface area contributed by atoms with Gasteiger partial charge in [0.25, 0.3) is 0 Å². The molecule has 2 aliphatic heterocycles. The lowest BCUT2D eigenvalue weighted by atomic mass is 9.62. The Hall–Kier alpha value is -3.43. The number of hydrogen-bond donors (Lipinski definition) is 2. The Morgan fingerprint density at radius 3 is 2.49 bits per heavy atom. The highest BCUT2D eigenvalue weighted by atomic mass is 35.5. The summed E-state index contributed by atoms with van der Waals surface area (Å²) in [7, 11) is 1.70. The predicted molar refractivity (Wildman–Crippen MR) is 137 cm³/mol. The summed E-state index contributed by atoms with van der Waals surface area (Å²) in [5.41, 5.74) is 2.57. The monoisotopic (exact) mass is 524 g/mol. The molecule has 10 heteroatoms. The molecule has 3 aliphatic rings. The molecule has 2 aromatic carbocycles. The van der Waals surface area contributed by atoms with Gasteiger partial charge in [-0.1, -0.05) is 59.3 Å². The maximum Gasteiger partial charge on any atom is 0.413 e. The van der Waals surface area contributed by atoms with Crippen LogP contribution in [0.15, 0.2) is 48.5 Å². The summed E-state index contributed by atoms with van der Waals surface area (Å²) in [6.07, 6.45) is 2.16. The molecule has 2 bridgehead atoms. The minimum atomic E-state index is -0.811. The quantitative estimate of drug-likeness (QED) is 0.419. The van der Waals surface area contributed by atoms with Crippen LogP contribution in [0.2, 0.25) is 5.02 Å². The van der Waals surface area contributed by atoms with Crippen LogP contribution in [0, 0.1) is 0 Å². The smallest absolute Gasteiger partial charge is 0.413 e. The largest absolute Gasteiger partial charge is 0.481 e. The van der Waals surface area contributed by atoms with Gasteiger partial charge < -0.3 is 14.6 Å². The Morgan fingerprint density at radius 1 is 1.16 bits per heavy atom. The Kier molecular flexibility index (Phi) is 6.68. The van der Waals surface area contributed by atoms with Crippen LogP contribution in [0.5, 0.6) is 0 Å². The number of benzene rings is 2. The molecule has 1 aliphatic carbocycles. The van der Waals surface area contributed by atoms with Gasteiger partial charge in [-0.05, 0) is 44.2 Å². The van der Waals surface area contributed by atoms with E-state index in [1.807, 2.05) is 30.3 Å². The predicted octanol–water partition coefficient (Wildman–Crippen LogP) is 5.50. The van der Waals surface area contributed by atoms with Crippen LogP contribution in [-0.4, -0.2) is 44.4 Å². The Bertz CT molecular complexity index is 1300. The van der Waals surface area contributed by atoms with E-state index in [2.05, 4.69) is 27.8 Å². The maximum atomic E-state index is 12.7. The molecule has 0 radical (unpaired) electrons. The number of carboxylic acid groups (broad SMARTS) is 1. The van der Waals surface area contributed by atoms with Crippen LogP contribution < -0.4 is 5.32 Å². The molecule has 3 heterocycles. The molecule has 1 aromatic heterocycles. The number of anilines is 1. The van der Waals surface area contributed by atoms with Gasteiger partial charge in [-0.2, -0.15) is 0 Å². The number of rotatable bonds is 7. The van der Waals surface area contributed by atoms with Gasteiger partial charge in [0.15, 0.2) is 5.82 Å². The van der Waals surface area contributed by atoms with E-state index in [1.165, 1.54) is 4.68 Å². The number of nitrogens with one attached hydrogen (secondary N) is 1. The highest BCUT2D eigenvalue weighted by molar-refractivity contribution is 6.31. The molecule has 37 heavy (non-hydrogen) atoms. The van der Waals surface area contributed by atoms with Crippen LogP contribution >= 0.6 is 11.6 Å². The van der Waals surface area contributed by atoms with E-state index in [1.54, 1.807) is 20.0 Å². The van der Waals surface area contributed by atoms with E-state index in [4.69, 9.17) is 21.1 Å². The van der Waals surface area contributed by atoms with Gasteiger partial charge in [-0.3, -0.25) is 10.1 Å². The molecule has 3 fully saturated rings. The van der Waals surface area contributed by atoms with E-state index < -0.39 is 23.8 Å². The lowest BCUT2D eigenvalue weighted by Gasteiger charge is -2.53. The number of halogens is 1. The maximum absolute atomic E-state index is 12.7. The van der Waals surface area contributed by atoms with Gasteiger partial charge in [0.1, 0.15) is 11.8 Å². The minimum Gasteiger partial charge on any atom is -0.481 e. The fourth-order valence-corrected chi connectivity index (χ4v) is 5.76. The third-order valence-corrected chi connectivity index (χ3v) is 8.04. The summed E-state index contributed by atoms with van der Waals surface area (Å²) in [4.78, 5) is 24.0. The normalized spacial score (nSPS) is 23.4. The molecule has 0 unspecified atom stereocenters. The standard InChI is InChI=1S/C27H29ClN4O5/c1-17(20-5-3-4-6-21(20)28)37-25(35)29-24-23(30-31-32(24)2)18-7-9-19(10-8-18)26-11-13-27(14-12-26,36-16-26)15-22(33)34/h3-10,17H,11-16H2,1-2H3,(H,29,35)(H,33,34)/t17-,26?,27?/m1/s1. The van der Waals surface area contributed by atoms with Gasteiger partial charge in [0, 0.05) is 28.6 Å². The van der Waals surface area contributed by atoms with Crippen molar-refractivity contribution >= 4 is 29.5 Å². The number of ether oxygens (including phenoxy) is 2. The molecule has 2 N–H and O–H groups in total. The van der Waals surface area contributed by atoms with E-state index in [0.717, 1.165) is 36.8 Å². The molecular formula is C27H29ClN4O5. The first-order valence-corrected chi connectivity index (χ1v) is 12.7. The van der Waals surface area contributed by atoms with Gasteiger partial charge in [0.2, 0.25) is 0 Å². The molecule has 0 spiro atoms. The van der Waals surface area contributed by atoms with Crippen molar-refractivity contribution < 1.29 is 24.2 Å².